The standard InChI is InChI=1S/C14H24N4O.ClH/c1-16(2)12-6-9-18(10-7-12)14(19)5-4-13-15-8-11-17(13)3;/h8,11-12H,4-7,9-10H2,1-3H3;1H. The average Bonchev–Trinajstić information content (AvgIpc) is 2.81. The third kappa shape index (κ3) is 4.21. The Labute approximate surface area is 127 Å². The quantitative estimate of drug-likeness (QED) is 0.842. The number of aryl methyl sites for hydroxylation is 2. The van der Waals surface area contributed by atoms with Crippen LogP contribution in [0.15, 0.2) is 12.4 Å². The fraction of sp³-hybridized carbons (Fsp3) is 0.714. The zero-order chi connectivity index (χ0) is 13.8. The van der Waals surface area contributed by atoms with Crippen molar-refractivity contribution in [3.8, 4) is 0 Å². The molecule has 1 fully saturated rings. The van der Waals surface area contributed by atoms with E-state index in [0.717, 1.165) is 38.2 Å². The molecule has 1 aromatic heterocycles. The van der Waals surface area contributed by atoms with E-state index in [0.29, 0.717) is 12.5 Å². The van der Waals surface area contributed by atoms with E-state index in [4.69, 9.17) is 0 Å². The third-order valence-corrected chi connectivity index (χ3v) is 4.03. The first-order valence-corrected chi connectivity index (χ1v) is 6.98. The van der Waals surface area contributed by atoms with Crippen LogP contribution in [-0.4, -0.2) is 58.5 Å². The number of likely N-dealkylation sites (tertiary alicyclic amines) is 1. The minimum absolute atomic E-state index is 0. The van der Waals surface area contributed by atoms with Crippen molar-refractivity contribution in [2.75, 3.05) is 27.2 Å². The molecule has 0 aromatic carbocycles. The van der Waals surface area contributed by atoms with Crippen LogP contribution in [0.1, 0.15) is 25.1 Å². The molecule has 1 aliphatic heterocycles. The van der Waals surface area contributed by atoms with E-state index in [1.807, 2.05) is 22.7 Å². The van der Waals surface area contributed by atoms with Gasteiger partial charge in [-0.1, -0.05) is 0 Å². The predicted octanol–water partition coefficient (Wildman–Crippen LogP) is 1.33. The second-order valence-corrected chi connectivity index (χ2v) is 5.53. The molecule has 0 radical (unpaired) electrons. The highest BCUT2D eigenvalue weighted by atomic mass is 35.5. The van der Waals surface area contributed by atoms with Gasteiger partial charge in [0.25, 0.3) is 0 Å². The maximum atomic E-state index is 12.2. The van der Waals surface area contributed by atoms with Crippen LogP contribution in [0.5, 0.6) is 0 Å². The zero-order valence-electron chi connectivity index (χ0n) is 12.6. The van der Waals surface area contributed by atoms with E-state index in [1.54, 1.807) is 6.20 Å². The smallest absolute Gasteiger partial charge is 0.223 e. The Bertz CT molecular complexity index is 425. The summed E-state index contributed by atoms with van der Waals surface area (Å²) in [6.45, 7) is 1.78. The van der Waals surface area contributed by atoms with E-state index < -0.39 is 0 Å². The van der Waals surface area contributed by atoms with E-state index >= 15 is 0 Å². The molecule has 1 aliphatic rings. The van der Waals surface area contributed by atoms with Gasteiger partial charge < -0.3 is 14.4 Å². The Morgan fingerprint density at radius 3 is 2.55 bits per heavy atom. The number of hydrogen-bond donors (Lipinski definition) is 0. The van der Waals surface area contributed by atoms with Crippen molar-refractivity contribution >= 4 is 18.3 Å². The zero-order valence-corrected chi connectivity index (χ0v) is 13.4. The van der Waals surface area contributed by atoms with E-state index in [1.165, 1.54) is 0 Å². The highest BCUT2D eigenvalue weighted by Gasteiger charge is 2.23. The first kappa shape index (κ1) is 17.0. The fourth-order valence-electron chi connectivity index (χ4n) is 2.65. The maximum absolute atomic E-state index is 12.2. The van der Waals surface area contributed by atoms with Gasteiger partial charge in [0.15, 0.2) is 0 Å². The molecule has 0 spiro atoms. The molecule has 2 heterocycles. The molecule has 114 valence electrons. The van der Waals surface area contributed by atoms with Crippen LogP contribution in [0.4, 0.5) is 0 Å². The van der Waals surface area contributed by atoms with Gasteiger partial charge in [0.2, 0.25) is 5.91 Å². The van der Waals surface area contributed by atoms with Crippen molar-refractivity contribution in [2.45, 2.75) is 31.7 Å². The number of piperidine rings is 1. The summed E-state index contributed by atoms with van der Waals surface area (Å²) in [5.74, 6) is 1.25. The summed E-state index contributed by atoms with van der Waals surface area (Å²) in [6.07, 6.45) is 7.17. The Hall–Kier alpha value is -1.07. The molecule has 20 heavy (non-hydrogen) atoms. The second-order valence-electron chi connectivity index (χ2n) is 5.53. The number of carbonyl (C=O) groups is 1. The molecule has 1 saturated heterocycles. The van der Waals surface area contributed by atoms with Gasteiger partial charge in [-0.25, -0.2) is 4.98 Å². The number of imidazole rings is 1. The lowest BCUT2D eigenvalue weighted by Gasteiger charge is -2.35. The monoisotopic (exact) mass is 300 g/mol. The summed E-state index contributed by atoms with van der Waals surface area (Å²) >= 11 is 0. The van der Waals surface area contributed by atoms with E-state index in [-0.39, 0.29) is 18.3 Å². The van der Waals surface area contributed by atoms with Crippen LogP contribution < -0.4 is 0 Å². The molecular formula is C14H25ClN4O. The Morgan fingerprint density at radius 1 is 1.40 bits per heavy atom. The fourth-order valence-corrected chi connectivity index (χ4v) is 2.65. The van der Waals surface area contributed by atoms with Crippen molar-refractivity contribution in [3.63, 3.8) is 0 Å². The first-order chi connectivity index (χ1) is 9.08. The molecule has 0 saturated carbocycles. The number of carbonyl (C=O) groups excluding carboxylic acids is 1. The largest absolute Gasteiger partial charge is 0.343 e. The molecule has 0 atom stereocenters. The molecule has 0 N–H and O–H groups in total. The summed E-state index contributed by atoms with van der Waals surface area (Å²) in [4.78, 5) is 20.7. The summed E-state index contributed by atoms with van der Waals surface area (Å²) in [5.41, 5.74) is 0. The van der Waals surface area contributed by atoms with Crippen molar-refractivity contribution in [3.05, 3.63) is 18.2 Å². The number of amides is 1. The van der Waals surface area contributed by atoms with Gasteiger partial charge in [0.05, 0.1) is 0 Å². The Morgan fingerprint density at radius 2 is 2.05 bits per heavy atom. The van der Waals surface area contributed by atoms with Gasteiger partial charge in [-0.15, -0.1) is 12.4 Å². The lowest BCUT2D eigenvalue weighted by Crippen LogP contribution is -2.44. The van der Waals surface area contributed by atoms with Crippen LogP contribution >= 0.6 is 12.4 Å². The van der Waals surface area contributed by atoms with Gasteiger partial charge in [0.1, 0.15) is 5.82 Å². The molecule has 0 aliphatic carbocycles. The van der Waals surface area contributed by atoms with Crippen molar-refractivity contribution < 1.29 is 4.79 Å². The van der Waals surface area contributed by atoms with Gasteiger partial charge in [-0.05, 0) is 26.9 Å². The lowest BCUT2D eigenvalue weighted by atomic mass is 10.0. The molecule has 0 unspecified atom stereocenters. The minimum Gasteiger partial charge on any atom is -0.343 e. The average molecular weight is 301 g/mol. The summed E-state index contributed by atoms with van der Waals surface area (Å²) in [6, 6.07) is 0.624. The topological polar surface area (TPSA) is 41.4 Å². The van der Waals surface area contributed by atoms with Gasteiger partial charge in [-0.3, -0.25) is 4.79 Å². The molecule has 1 amide bonds. The maximum Gasteiger partial charge on any atom is 0.223 e. The van der Waals surface area contributed by atoms with Crippen molar-refractivity contribution in [1.82, 2.24) is 19.4 Å². The molecule has 2 rings (SSSR count). The van der Waals surface area contributed by atoms with Crippen LogP contribution in [0, 0.1) is 0 Å². The highest BCUT2D eigenvalue weighted by Crippen LogP contribution is 2.15. The van der Waals surface area contributed by atoms with Crippen molar-refractivity contribution in [1.29, 1.82) is 0 Å². The second kappa shape index (κ2) is 7.64. The van der Waals surface area contributed by atoms with E-state index in [9.17, 15) is 4.79 Å². The number of halogens is 1. The lowest BCUT2D eigenvalue weighted by molar-refractivity contribution is -0.132. The molecule has 6 heteroatoms. The van der Waals surface area contributed by atoms with Gasteiger partial charge in [0, 0.05) is 51.4 Å². The number of hydrogen-bond acceptors (Lipinski definition) is 3. The SMILES string of the molecule is CN(C)C1CCN(C(=O)CCc2nccn2C)CC1.Cl. The van der Waals surface area contributed by atoms with Crippen LogP contribution in [0.25, 0.3) is 0 Å². The number of nitrogens with zero attached hydrogens (tertiary/aromatic N) is 4. The third-order valence-electron chi connectivity index (χ3n) is 4.03. The van der Waals surface area contributed by atoms with E-state index in [2.05, 4.69) is 24.0 Å². The Balaban J connectivity index is 0.00000200. The van der Waals surface area contributed by atoms with Gasteiger partial charge in [-0.2, -0.15) is 0 Å². The number of aromatic nitrogens is 2. The van der Waals surface area contributed by atoms with Crippen LogP contribution in [0.3, 0.4) is 0 Å². The van der Waals surface area contributed by atoms with Crippen molar-refractivity contribution in [2.24, 2.45) is 7.05 Å². The summed E-state index contributed by atoms with van der Waals surface area (Å²) < 4.78 is 1.98. The first-order valence-electron chi connectivity index (χ1n) is 6.98. The van der Waals surface area contributed by atoms with Gasteiger partial charge >= 0.3 is 0 Å². The Kier molecular flexibility index (Phi) is 6.49. The molecule has 0 bridgehead atoms. The number of rotatable bonds is 4. The highest BCUT2D eigenvalue weighted by molar-refractivity contribution is 5.85. The molecular weight excluding hydrogens is 276 g/mol. The molecule has 1 aromatic rings. The predicted molar refractivity (Wildman–Crippen MR) is 82.1 cm³/mol. The molecule has 5 nitrogen and oxygen atoms in total. The normalized spacial score (nSPS) is 16.3. The summed E-state index contributed by atoms with van der Waals surface area (Å²) in [5, 5.41) is 0. The van der Waals surface area contributed by atoms with Crippen LogP contribution in [-0.2, 0) is 18.3 Å². The minimum atomic E-state index is 0. The summed E-state index contributed by atoms with van der Waals surface area (Å²) in [7, 11) is 6.20. The van der Waals surface area contributed by atoms with Crippen LogP contribution in [0.2, 0.25) is 0 Å².